The molecule has 1 aromatic rings. The summed E-state index contributed by atoms with van der Waals surface area (Å²) < 4.78 is 5.51. The Morgan fingerprint density at radius 2 is 2.06 bits per heavy atom. The molecule has 2 unspecified atom stereocenters. The lowest BCUT2D eigenvalue weighted by atomic mass is 9.95. The molecule has 1 aliphatic rings. The second-order valence-electron chi connectivity index (χ2n) is 4.87. The summed E-state index contributed by atoms with van der Waals surface area (Å²) in [6.45, 7) is 4.96. The molecular weight excluding hydrogens is 212 g/mol. The summed E-state index contributed by atoms with van der Waals surface area (Å²) in [5, 5.41) is 0. The summed E-state index contributed by atoms with van der Waals surface area (Å²) in [5.41, 5.74) is 2.08. The average Bonchev–Trinajstić information content (AvgIpc) is 2.76. The van der Waals surface area contributed by atoms with Crippen LogP contribution < -0.4 is 0 Å². The summed E-state index contributed by atoms with van der Waals surface area (Å²) >= 11 is 0. The number of Topliss-reactive ketones (excluding diaryl/α,β-unsaturated/α-hetero) is 1. The quantitative estimate of drug-likeness (QED) is 0.745. The van der Waals surface area contributed by atoms with E-state index in [2.05, 4.69) is 26.0 Å². The van der Waals surface area contributed by atoms with Gasteiger partial charge in [-0.1, -0.05) is 44.5 Å². The van der Waals surface area contributed by atoms with Gasteiger partial charge in [0.15, 0.2) is 5.78 Å². The van der Waals surface area contributed by atoms with Gasteiger partial charge in [0.25, 0.3) is 0 Å². The average molecular weight is 232 g/mol. The highest BCUT2D eigenvalue weighted by Crippen LogP contribution is 2.23. The fourth-order valence-electron chi connectivity index (χ4n) is 2.32. The molecule has 0 aliphatic carbocycles. The van der Waals surface area contributed by atoms with Crippen molar-refractivity contribution in [1.29, 1.82) is 0 Å². The zero-order chi connectivity index (χ0) is 12.3. The van der Waals surface area contributed by atoms with Crippen molar-refractivity contribution in [2.45, 2.75) is 39.2 Å². The van der Waals surface area contributed by atoms with Gasteiger partial charge in [0.2, 0.25) is 0 Å². The van der Waals surface area contributed by atoms with Crippen LogP contribution in [0.5, 0.6) is 0 Å². The number of carbonyl (C=O) groups excluding carboxylic acids is 1. The van der Waals surface area contributed by atoms with E-state index < -0.39 is 0 Å². The first kappa shape index (κ1) is 12.3. The monoisotopic (exact) mass is 232 g/mol. The molecule has 1 saturated heterocycles. The van der Waals surface area contributed by atoms with E-state index in [9.17, 15) is 4.79 Å². The molecular formula is C15H20O2. The van der Waals surface area contributed by atoms with Crippen LogP contribution in [0.4, 0.5) is 0 Å². The number of hydrogen-bond acceptors (Lipinski definition) is 2. The lowest BCUT2D eigenvalue weighted by molar-refractivity contribution is 0.0579. The fraction of sp³-hybridized carbons (Fsp3) is 0.533. The third-order valence-corrected chi connectivity index (χ3v) is 3.42. The molecule has 0 radical (unpaired) electrons. The molecule has 2 nitrogen and oxygen atoms in total. The van der Waals surface area contributed by atoms with E-state index in [1.807, 2.05) is 12.1 Å². The van der Waals surface area contributed by atoms with E-state index in [-0.39, 0.29) is 11.9 Å². The Bertz CT molecular complexity index is 380. The second kappa shape index (κ2) is 5.46. The van der Waals surface area contributed by atoms with Crippen LogP contribution in [0.15, 0.2) is 24.3 Å². The van der Waals surface area contributed by atoms with E-state index in [0.717, 1.165) is 24.8 Å². The molecule has 1 fully saturated rings. The van der Waals surface area contributed by atoms with Crippen molar-refractivity contribution in [3.05, 3.63) is 35.4 Å². The van der Waals surface area contributed by atoms with E-state index in [1.165, 1.54) is 5.56 Å². The molecule has 0 saturated carbocycles. The Kier molecular flexibility index (Phi) is 3.95. The highest BCUT2D eigenvalue weighted by atomic mass is 16.5. The maximum absolute atomic E-state index is 12.2. The molecule has 0 aromatic heterocycles. The number of hydrogen-bond donors (Lipinski definition) is 0. The number of carbonyl (C=O) groups is 1. The van der Waals surface area contributed by atoms with Crippen molar-refractivity contribution in [3.63, 3.8) is 0 Å². The molecule has 1 aliphatic heterocycles. The molecule has 0 amide bonds. The number of aryl methyl sites for hydroxylation is 1. The van der Waals surface area contributed by atoms with Gasteiger partial charge in [-0.25, -0.2) is 0 Å². The highest BCUT2D eigenvalue weighted by molar-refractivity contribution is 5.99. The first-order chi connectivity index (χ1) is 8.22. The Labute approximate surface area is 103 Å². The molecule has 0 bridgehead atoms. The predicted octanol–water partition coefficient (Wildman–Crippen LogP) is 3.25. The molecule has 17 heavy (non-hydrogen) atoms. The summed E-state index contributed by atoms with van der Waals surface area (Å²) in [6, 6.07) is 7.97. The first-order valence-electron chi connectivity index (χ1n) is 6.47. The van der Waals surface area contributed by atoms with Crippen LogP contribution in [0.1, 0.15) is 42.6 Å². The number of rotatable bonds is 4. The van der Waals surface area contributed by atoms with Crippen LogP contribution in [0, 0.1) is 5.92 Å². The van der Waals surface area contributed by atoms with E-state index >= 15 is 0 Å². The third-order valence-electron chi connectivity index (χ3n) is 3.42. The Morgan fingerprint density at radius 3 is 2.59 bits per heavy atom. The van der Waals surface area contributed by atoms with Crippen LogP contribution in [0.2, 0.25) is 0 Å². The van der Waals surface area contributed by atoms with Crippen molar-refractivity contribution in [1.82, 2.24) is 0 Å². The molecule has 0 spiro atoms. The summed E-state index contributed by atoms with van der Waals surface area (Å²) in [7, 11) is 0. The minimum atomic E-state index is -0.230. The smallest absolute Gasteiger partial charge is 0.191 e. The minimum Gasteiger partial charge on any atom is -0.370 e. The van der Waals surface area contributed by atoms with Crippen LogP contribution in [-0.2, 0) is 11.2 Å². The molecule has 2 heteroatoms. The molecule has 1 heterocycles. The Balaban J connectivity index is 2.08. The van der Waals surface area contributed by atoms with Crippen molar-refractivity contribution in [2.24, 2.45) is 5.92 Å². The van der Waals surface area contributed by atoms with Crippen molar-refractivity contribution in [2.75, 3.05) is 6.61 Å². The van der Waals surface area contributed by atoms with Gasteiger partial charge in [0.05, 0.1) is 0 Å². The van der Waals surface area contributed by atoms with Gasteiger partial charge in [0.1, 0.15) is 6.10 Å². The van der Waals surface area contributed by atoms with Crippen molar-refractivity contribution >= 4 is 5.78 Å². The lowest BCUT2D eigenvalue weighted by Gasteiger charge is -2.13. The van der Waals surface area contributed by atoms with E-state index in [1.54, 1.807) is 0 Å². The SMILES string of the molecule is CCCc1ccc(C(=O)C2OCCC2C)cc1. The number of benzene rings is 1. The van der Waals surface area contributed by atoms with E-state index in [4.69, 9.17) is 4.74 Å². The van der Waals surface area contributed by atoms with Crippen LogP contribution in [-0.4, -0.2) is 18.5 Å². The normalized spacial score (nSPS) is 23.9. The molecule has 1 aromatic carbocycles. The van der Waals surface area contributed by atoms with Crippen LogP contribution in [0.3, 0.4) is 0 Å². The van der Waals surface area contributed by atoms with Crippen molar-refractivity contribution < 1.29 is 9.53 Å². The Hall–Kier alpha value is -1.15. The topological polar surface area (TPSA) is 26.3 Å². The van der Waals surface area contributed by atoms with Gasteiger partial charge >= 0.3 is 0 Å². The molecule has 2 rings (SSSR count). The molecule has 2 atom stereocenters. The van der Waals surface area contributed by atoms with Crippen LogP contribution in [0.25, 0.3) is 0 Å². The van der Waals surface area contributed by atoms with Gasteiger partial charge in [-0.05, 0) is 24.3 Å². The van der Waals surface area contributed by atoms with Crippen LogP contribution >= 0.6 is 0 Å². The largest absolute Gasteiger partial charge is 0.370 e. The van der Waals surface area contributed by atoms with Crippen molar-refractivity contribution in [3.8, 4) is 0 Å². The summed E-state index contributed by atoms with van der Waals surface area (Å²) in [6.07, 6.45) is 2.97. The summed E-state index contributed by atoms with van der Waals surface area (Å²) in [4.78, 5) is 12.2. The zero-order valence-electron chi connectivity index (χ0n) is 10.6. The van der Waals surface area contributed by atoms with Gasteiger partial charge in [-0.15, -0.1) is 0 Å². The highest BCUT2D eigenvalue weighted by Gasteiger charge is 2.31. The molecule has 92 valence electrons. The maximum Gasteiger partial charge on any atom is 0.191 e. The summed E-state index contributed by atoms with van der Waals surface area (Å²) in [5.74, 6) is 0.482. The Morgan fingerprint density at radius 1 is 1.35 bits per heavy atom. The number of ketones is 1. The zero-order valence-corrected chi connectivity index (χ0v) is 10.6. The predicted molar refractivity (Wildman–Crippen MR) is 68.3 cm³/mol. The fourth-order valence-corrected chi connectivity index (χ4v) is 2.32. The van der Waals surface area contributed by atoms with Gasteiger partial charge < -0.3 is 4.74 Å². The van der Waals surface area contributed by atoms with Gasteiger partial charge in [-0.3, -0.25) is 4.79 Å². The van der Waals surface area contributed by atoms with Gasteiger partial charge in [-0.2, -0.15) is 0 Å². The third kappa shape index (κ3) is 2.75. The van der Waals surface area contributed by atoms with Gasteiger partial charge in [0, 0.05) is 12.2 Å². The van der Waals surface area contributed by atoms with E-state index in [0.29, 0.717) is 12.5 Å². The lowest BCUT2D eigenvalue weighted by Crippen LogP contribution is -2.25. The first-order valence-corrected chi connectivity index (χ1v) is 6.47. The standard InChI is InChI=1S/C15H20O2/c1-3-4-12-5-7-13(8-6-12)14(16)15-11(2)9-10-17-15/h5-8,11,15H,3-4,9-10H2,1-2H3. The minimum absolute atomic E-state index is 0.137. The second-order valence-corrected chi connectivity index (χ2v) is 4.87. The number of ether oxygens (including phenoxy) is 1. The maximum atomic E-state index is 12.2. The molecule has 0 N–H and O–H groups in total.